The Bertz CT molecular complexity index is 408. The van der Waals surface area contributed by atoms with Gasteiger partial charge in [0.25, 0.3) is 0 Å². The van der Waals surface area contributed by atoms with E-state index < -0.39 is 0 Å². The van der Waals surface area contributed by atoms with E-state index in [1.807, 2.05) is 0 Å². The molecule has 0 fully saturated rings. The molecule has 16 heavy (non-hydrogen) atoms. The molecule has 2 N–H and O–H groups in total. The van der Waals surface area contributed by atoms with Gasteiger partial charge in [-0.05, 0) is 25.7 Å². The first-order valence-corrected chi connectivity index (χ1v) is 6.51. The quantitative estimate of drug-likeness (QED) is 0.726. The van der Waals surface area contributed by atoms with E-state index in [0.717, 1.165) is 13.0 Å². The van der Waals surface area contributed by atoms with E-state index in [1.165, 1.54) is 36.5 Å². The molecule has 0 bridgehead atoms. The van der Waals surface area contributed by atoms with Gasteiger partial charge >= 0.3 is 0 Å². The Kier molecular flexibility index (Phi) is 2.32. The van der Waals surface area contributed by atoms with E-state index in [1.54, 1.807) is 0 Å². The molecule has 2 heterocycles. The van der Waals surface area contributed by atoms with Crippen molar-refractivity contribution in [2.24, 2.45) is 5.73 Å². The molecular weight excluding hydrogens is 198 g/mol. The predicted octanol–water partition coefficient (Wildman–Crippen LogP) is 2.16. The van der Waals surface area contributed by atoms with Crippen LogP contribution < -0.4 is 5.73 Å². The van der Waals surface area contributed by atoms with Gasteiger partial charge in [0, 0.05) is 30.1 Å². The maximum Gasteiger partial charge on any atom is 0.112 e. The molecule has 3 unspecified atom stereocenters. The minimum atomic E-state index is 0.318. The number of hydrogen-bond acceptors (Lipinski definition) is 2. The summed E-state index contributed by atoms with van der Waals surface area (Å²) in [6.07, 6.45) is 4.89. The maximum absolute atomic E-state index is 6.12. The van der Waals surface area contributed by atoms with Crippen LogP contribution in [0.3, 0.4) is 0 Å². The van der Waals surface area contributed by atoms with Crippen LogP contribution in [0.1, 0.15) is 62.2 Å². The van der Waals surface area contributed by atoms with Crippen LogP contribution in [0.5, 0.6) is 0 Å². The monoisotopic (exact) mass is 219 g/mol. The molecule has 3 nitrogen and oxygen atoms in total. The number of imidazole rings is 1. The van der Waals surface area contributed by atoms with E-state index in [2.05, 4.69) is 18.4 Å². The fourth-order valence-corrected chi connectivity index (χ4v) is 3.34. The highest BCUT2D eigenvalue weighted by atomic mass is 15.1. The summed E-state index contributed by atoms with van der Waals surface area (Å²) in [7, 11) is 0. The molecule has 1 aromatic rings. The molecule has 0 radical (unpaired) electrons. The van der Waals surface area contributed by atoms with Gasteiger partial charge in [-0.3, -0.25) is 0 Å². The number of fused-ring (bicyclic) bond motifs is 3. The van der Waals surface area contributed by atoms with Crippen molar-refractivity contribution in [3.05, 3.63) is 17.2 Å². The Morgan fingerprint density at radius 2 is 2.12 bits per heavy atom. The normalized spacial score (nSPS) is 33.3. The molecule has 0 spiro atoms. The summed E-state index contributed by atoms with van der Waals surface area (Å²) in [5.41, 5.74) is 8.96. The van der Waals surface area contributed by atoms with Crippen LogP contribution in [0.4, 0.5) is 0 Å². The smallest absolute Gasteiger partial charge is 0.112 e. The molecule has 1 aliphatic heterocycles. The van der Waals surface area contributed by atoms with Crippen molar-refractivity contribution in [3.8, 4) is 0 Å². The maximum atomic E-state index is 6.12. The van der Waals surface area contributed by atoms with Crippen molar-refractivity contribution >= 4 is 0 Å². The van der Waals surface area contributed by atoms with Gasteiger partial charge in [-0.2, -0.15) is 0 Å². The van der Waals surface area contributed by atoms with Gasteiger partial charge in [0.1, 0.15) is 5.82 Å². The van der Waals surface area contributed by atoms with Crippen molar-refractivity contribution in [1.82, 2.24) is 9.55 Å². The lowest BCUT2D eigenvalue weighted by atomic mass is 9.91. The van der Waals surface area contributed by atoms with E-state index >= 15 is 0 Å². The predicted molar refractivity (Wildman–Crippen MR) is 64.6 cm³/mol. The summed E-state index contributed by atoms with van der Waals surface area (Å²) in [5.74, 6) is 2.47. The molecule has 88 valence electrons. The van der Waals surface area contributed by atoms with E-state index in [0.29, 0.717) is 17.9 Å². The third-order valence-corrected chi connectivity index (χ3v) is 4.16. The van der Waals surface area contributed by atoms with Gasteiger partial charge in [-0.1, -0.05) is 13.8 Å². The second kappa shape index (κ2) is 3.59. The molecular formula is C13H21N3. The number of hydrogen-bond donors (Lipinski definition) is 1. The third-order valence-electron chi connectivity index (χ3n) is 4.16. The second-order valence-electron chi connectivity index (χ2n) is 5.60. The number of aromatic nitrogens is 2. The van der Waals surface area contributed by atoms with Crippen molar-refractivity contribution in [2.75, 3.05) is 0 Å². The topological polar surface area (TPSA) is 43.8 Å². The SMILES string of the molecule is CC1CCCc2c1nc1n2CC(N)CC1C. The Morgan fingerprint density at radius 1 is 1.31 bits per heavy atom. The number of nitrogens with two attached hydrogens (primary N) is 1. The average Bonchev–Trinajstić information content (AvgIpc) is 2.59. The summed E-state index contributed by atoms with van der Waals surface area (Å²) < 4.78 is 2.42. The van der Waals surface area contributed by atoms with Gasteiger partial charge in [0.05, 0.1) is 5.69 Å². The molecule has 0 aromatic carbocycles. The van der Waals surface area contributed by atoms with Crippen molar-refractivity contribution in [2.45, 2.75) is 64.0 Å². The fourth-order valence-electron chi connectivity index (χ4n) is 3.34. The Labute approximate surface area is 97.0 Å². The highest BCUT2D eigenvalue weighted by Gasteiger charge is 2.30. The average molecular weight is 219 g/mol. The lowest BCUT2D eigenvalue weighted by Crippen LogP contribution is -2.34. The van der Waals surface area contributed by atoms with E-state index in [4.69, 9.17) is 10.7 Å². The van der Waals surface area contributed by atoms with Crippen molar-refractivity contribution < 1.29 is 0 Å². The lowest BCUT2D eigenvalue weighted by Gasteiger charge is -2.27. The first-order valence-electron chi connectivity index (χ1n) is 6.51. The van der Waals surface area contributed by atoms with Crippen LogP contribution >= 0.6 is 0 Å². The molecule has 0 amide bonds. The molecule has 0 saturated heterocycles. The van der Waals surface area contributed by atoms with Gasteiger partial charge < -0.3 is 10.3 Å². The Hall–Kier alpha value is -0.830. The van der Waals surface area contributed by atoms with Crippen LogP contribution in [0.2, 0.25) is 0 Å². The summed E-state index contributed by atoms with van der Waals surface area (Å²) in [5, 5.41) is 0. The third kappa shape index (κ3) is 1.41. The minimum Gasteiger partial charge on any atom is -0.330 e. The van der Waals surface area contributed by atoms with Crippen LogP contribution in [0.25, 0.3) is 0 Å². The highest BCUT2D eigenvalue weighted by Crippen LogP contribution is 2.36. The van der Waals surface area contributed by atoms with Gasteiger partial charge in [0.2, 0.25) is 0 Å². The van der Waals surface area contributed by atoms with Crippen LogP contribution in [-0.4, -0.2) is 15.6 Å². The fraction of sp³-hybridized carbons (Fsp3) is 0.769. The zero-order chi connectivity index (χ0) is 11.3. The van der Waals surface area contributed by atoms with Crippen molar-refractivity contribution in [3.63, 3.8) is 0 Å². The number of nitrogens with zero attached hydrogens (tertiary/aromatic N) is 2. The Balaban J connectivity index is 2.10. The summed E-state index contributed by atoms with van der Waals surface area (Å²) in [6, 6.07) is 0.318. The first kappa shape index (κ1) is 10.3. The lowest BCUT2D eigenvalue weighted by molar-refractivity contribution is 0.397. The molecule has 3 atom stereocenters. The van der Waals surface area contributed by atoms with Gasteiger partial charge in [-0.25, -0.2) is 4.98 Å². The molecule has 2 aliphatic rings. The summed E-state index contributed by atoms with van der Waals surface area (Å²) in [4.78, 5) is 4.90. The van der Waals surface area contributed by atoms with E-state index in [9.17, 15) is 0 Å². The van der Waals surface area contributed by atoms with Crippen LogP contribution in [-0.2, 0) is 13.0 Å². The molecule has 1 aliphatic carbocycles. The summed E-state index contributed by atoms with van der Waals surface area (Å²) >= 11 is 0. The second-order valence-corrected chi connectivity index (χ2v) is 5.60. The van der Waals surface area contributed by atoms with Gasteiger partial charge in [-0.15, -0.1) is 0 Å². The summed E-state index contributed by atoms with van der Waals surface area (Å²) in [6.45, 7) is 5.55. The number of rotatable bonds is 0. The molecule has 3 rings (SSSR count). The van der Waals surface area contributed by atoms with Crippen molar-refractivity contribution in [1.29, 1.82) is 0 Å². The first-order chi connectivity index (χ1) is 7.66. The zero-order valence-electron chi connectivity index (χ0n) is 10.2. The molecule has 3 heteroatoms. The zero-order valence-corrected chi connectivity index (χ0v) is 10.2. The van der Waals surface area contributed by atoms with E-state index in [-0.39, 0.29) is 0 Å². The molecule has 1 aromatic heterocycles. The van der Waals surface area contributed by atoms with Crippen LogP contribution in [0, 0.1) is 0 Å². The van der Waals surface area contributed by atoms with Gasteiger partial charge in [0.15, 0.2) is 0 Å². The largest absolute Gasteiger partial charge is 0.330 e. The Morgan fingerprint density at radius 3 is 2.94 bits per heavy atom. The highest BCUT2D eigenvalue weighted by molar-refractivity contribution is 5.26. The minimum absolute atomic E-state index is 0.318. The van der Waals surface area contributed by atoms with Crippen LogP contribution in [0.15, 0.2) is 0 Å². The molecule has 0 saturated carbocycles. The standard InChI is InChI=1S/C13H21N3/c1-8-4-3-5-11-12(8)15-13-9(2)6-10(14)7-16(11)13/h8-10H,3-7,14H2,1-2H3.